The van der Waals surface area contributed by atoms with E-state index in [1.54, 1.807) is 0 Å². The summed E-state index contributed by atoms with van der Waals surface area (Å²) < 4.78 is 38.5. The summed E-state index contributed by atoms with van der Waals surface area (Å²) in [5, 5.41) is 0. The first-order valence-corrected chi connectivity index (χ1v) is 7.09. The molecule has 1 aromatic rings. The number of anilines is 1. The van der Waals surface area contributed by atoms with Gasteiger partial charge in [0.25, 0.3) is 0 Å². The zero-order valence-corrected chi connectivity index (χ0v) is 12.5. The lowest BCUT2D eigenvalue weighted by molar-refractivity contribution is -0.141. The van der Waals surface area contributed by atoms with Crippen molar-refractivity contribution in [2.75, 3.05) is 37.6 Å². The molecule has 1 fully saturated rings. The van der Waals surface area contributed by atoms with Gasteiger partial charge in [-0.15, -0.1) is 0 Å². The molecule has 1 aliphatic heterocycles. The predicted octanol–water partition coefficient (Wildman–Crippen LogP) is 1.88. The third-order valence-electron chi connectivity index (χ3n) is 3.55. The Balaban J connectivity index is 2.33. The molecular weight excluding hydrogens is 301 g/mol. The highest BCUT2D eigenvalue weighted by atomic mass is 32.1. The van der Waals surface area contributed by atoms with Crippen molar-refractivity contribution in [2.45, 2.75) is 13.1 Å². The zero-order chi connectivity index (χ0) is 15.6. The molecule has 0 radical (unpaired) electrons. The molecule has 21 heavy (non-hydrogen) atoms. The van der Waals surface area contributed by atoms with Crippen molar-refractivity contribution in [1.82, 2.24) is 9.88 Å². The van der Waals surface area contributed by atoms with E-state index in [-0.39, 0.29) is 10.8 Å². The largest absolute Gasteiger partial charge is 0.433 e. The van der Waals surface area contributed by atoms with Gasteiger partial charge >= 0.3 is 6.18 Å². The second kappa shape index (κ2) is 6.15. The topological polar surface area (TPSA) is 45.4 Å². The molecule has 2 heterocycles. The van der Waals surface area contributed by atoms with Gasteiger partial charge in [0.1, 0.15) is 16.5 Å². The van der Waals surface area contributed by atoms with E-state index in [4.69, 9.17) is 18.0 Å². The van der Waals surface area contributed by atoms with Gasteiger partial charge in [-0.3, -0.25) is 0 Å². The van der Waals surface area contributed by atoms with Crippen LogP contribution >= 0.6 is 12.2 Å². The Bertz CT molecular complexity index is 525. The summed E-state index contributed by atoms with van der Waals surface area (Å²) in [5.41, 5.74) is 5.08. The average Bonchev–Trinajstić information content (AvgIpc) is 2.45. The van der Waals surface area contributed by atoms with Gasteiger partial charge in [0.15, 0.2) is 0 Å². The van der Waals surface area contributed by atoms with Crippen LogP contribution < -0.4 is 10.6 Å². The van der Waals surface area contributed by atoms with E-state index in [1.807, 2.05) is 4.90 Å². The Labute approximate surface area is 126 Å². The maximum atomic E-state index is 12.8. The van der Waals surface area contributed by atoms with Gasteiger partial charge in [0.05, 0.1) is 5.56 Å². The minimum atomic E-state index is -4.48. The lowest BCUT2D eigenvalue weighted by Gasteiger charge is -2.35. The molecular formula is C13H17F3N4S. The fourth-order valence-electron chi connectivity index (χ4n) is 2.32. The minimum Gasteiger partial charge on any atom is -0.389 e. The van der Waals surface area contributed by atoms with Gasteiger partial charge in [-0.05, 0) is 18.7 Å². The maximum absolute atomic E-state index is 12.8. The Kier molecular flexibility index (Phi) is 4.67. The molecule has 8 heteroatoms. The van der Waals surface area contributed by atoms with Crippen molar-refractivity contribution >= 4 is 23.0 Å². The van der Waals surface area contributed by atoms with Crippen LogP contribution in [0.15, 0.2) is 12.1 Å². The quantitative estimate of drug-likeness (QED) is 0.862. The van der Waals surface area contributed by atoms with Crippen LogP contribution in [0.25, 0.3) is 0 Å². The van der Waals surface area contributed by atoms with E-state index in [1.165, 1.54) is 6.07 Å². The van der Waals surface area contributed by atoms with Gasteiger partial charge in [-0.1, -0.05) is 19.1 Å². The third-order valence-corrected chi connectivity index (χ3v) is 3.77. The monoisotopic (exact) mass is 318 g/mol. The summed E-state index contributed by atoms with van der Waals surface area (Å²) in [6, 6.07) is 2.22. The number of nitrogens with zero attached hydrogens (tertiary/aromatic N) is 3. The molecule has 2 N–H and O–H groups in total. The normalized spacial score (nSPS) is 17.0. The van der Waals surface area contributed by atoms with E-state index in [9.17, 15) is 13.2 Å². The Morgan fingerprint density at radius 2 is 1.90 bits per heavy atom. The van der Waals surface area contributed by atoms with Crippen LogP contribution in [0.5, 0.6) is 0 Å². The smallest absolute Gasteiger partial charge is 0.389 e. The third kappa shape index (κ3) is 3.62. The highest BCUT2D eigenvalue weighted by Gasteiger charge is 2.34. The van der Waals surface area contributed by atoms with Gasteiger partial charge in [-0.25, -0.2) is 4.98 Å². The van der Waals surface area contributed by atoms with E-state index < -0.39 is 11.9 Å². The highest BCUT2D eigenvalue weighted by molar-refractivity contribution is 7.80. The Morgan fingerprint density at radius 1 is 1.29 bits per heavy atom. The maximum Gasteiger partial charge on any atom is 0.433 e. The van der Waals surface area contributed by atoms with Crippen molar-refractivity contribution in [2.24, 2.45) is 5.73 Å². The van der Waals surface area contributed by atoms with Gasteiger partial charge in [-0.2, -0.15) is 13.2 Å². The van der Waals surface area contributed by atoms with Crippen molar-refractivity contribution in [3.63, 3.8) is 0 Å². The molecule has 0 spiro atoms. The number of pyridine rings is 1. The van der Waals surface area contributed by atoms with Gasteiger partial charge in [0, 0.05) is 26.2 Å². The van der Waals surface area contributed by atoms with Crippen LogP contribution in [0.1, 0.15) is 18.2 Å². The SMILES string of the molecule is CCN1CCN(c2nc(C(F)(F)F)ccc2C(N)=S)CC1. The fraction of sp³-hybridized carbons (Fsp3) is 0.538. The van der Waals surface area contributed by atoms with Crippen LogP contribution in [-0.4, -0.2) is 47.6 Å². The molecule has 1 aliphatic rings. The number of nitrogens with two attached hydrogens (primary N) is 1. The molecule has 4 nitrogen and oxygen atoms in total. The zero-order valence-electron chi connectivity index (χ0n) is 11.7. The molecule has 0 saturated carbocycles. The van der Waals surface area contributed by atoms with Crippen LogP contribution in [0.3, 0.4) is 0 Å². The summed E-state index contributed by atoms with van der Waals surface area (Å²) in [5.74, 6) is 0.230. The van der Waals surface area contributed by atoms with Crippen molar-refractivity contribution in [1.29, 1.82) is 0 Å². The van der Waals surface area contributed by atoms with Crippen LogP contribution in [0.4, 0.5) is 19.0 Å². The molecule has 0 bridgehead atoms. The number of rotatable bonds is 3. The van der Waals surface area contributed by atoms with Crippen LogP contribution in [0.2, 0.25) is 0 Å². The number of likely N-dealkylation sites (N-methyl/N-ethyl adjacent to an activating group) is 1. The molecule has 0 aliphatic carbocycles. The molecule has 0 aromatic carbocycles. The van der Waals surface area contributed by atoms with Crippen LogP contribution in [0, 0.1) is 0 Å². The van der Waals surface area contributed by atoms with E-state index in [0.29, 0.717) is 18.7 Å². The van der Waals surface area contributed by atoms with E-state index in [0.717, 1.165) is 25.7 Å². The second-order valence-corrected chi connectivity index (χ2v) is 5.29. The number of alkyl halides is 3. The number of aromatic nitrogens is 1. The molecule has 2 rings (SSSR count). The number of hydrogen-bond donors (Lipinski definition) is 1. The molecule has 0 atom stereocenters. The fourth-order valence-corrected chi connectivity index (χ4v) is 2.47. The van der Waals surface area contributed by atoms with Crippen molar-refractivity contribution in [3.05, 3.63) is 23.4 Å². The molecule has 0 amide bonds. The first kappa shape index (κ1) is 16.0. The van der Waals surface area contributed by atoms with Crippen molar-refractivity contribution < 1.29 is 13.2 Å². The molecule has 0 unspecified atom stereocenters. The lowest BCUT2D eigenvalue weighted by Crippen LogP contribution is -2.47. The highest BCUT2D eigenvalue weighted by Crippen LogP contribution is 2.30. The first-order chi connectivity index (χ1) is 9.82. The van der Waals surface area contributed by atoms with Crippen LogP contribution in [-0.2, 0) is 6.18 Å². The molecule has 1 saturated heterocycles. The Morgan fingerprint density at radius 3 is 2.38 bits per heavy atom. The predicted molar refractivity (Wildman–Crippen MR) is 79.5 cm³/mol. The number of piperazine rings is 1. The first-order valence-electron chi connectivity index (χ1n) is 6.68. The Hall–Kier alpha value is -1.41. The summed E-state index contributed by atoms with van der Waals surface area (Å²) in [4.78, 5) is 7.86. The molecule has 1 aromatic heterocycles. The minimum absolute atomic E-state index is 0.0594. The summed E-state index contributed by atoms with van der Waals surface area (Å²) in [6.07, 6.45) is -4.48. The van der Waals surface area contributed by atoms with Crippen molar-refractivity contribution in [3.8, 4) is 0 Å². The second-order valence-electron chi connectivity index (χ2n) is 4.85. The average molecular weight is 318 g/mol. The van der Waals surface area contributed by atoms with Gasteiger partial charge in [0.2, 0.25) is 0 Å². The van der Waals surface area contributed by atoms with E-state index in [2.05, 4.69) is 16.8 Å². The summed E-state index contributed by atoms with van der Waals surface area (Å²) in [7, 11) is 0. The lowest BCUT2D eigenvalue weighted by atomic mass is 10.2. The number of thiocarbonyl (C=S) groups is 1. The number of halogens is 3. The standard InChI is InChI=1S/C13H17F3N4S/c1-2-19-5-7-20(8-6-19)12-9(11(17)21)3-4-10(18-12)13(14,15)16/h3-4H,2,5-8H2,1H3,(H2,17,21). The van der Waals surface area contributed by atoms with Gasteiger partial charge < -0.3 is 15.5 Å². The number of hydrogen-bond acceptors (Lipinski definition) is 4. The summed E-state index contributed by atoms with van der Waals surface area (Å²) in [6.45, 7) is 5.76. The van der Waals surface area contributed by atoms with E-state index >= 15 is 0 Å². The molecule has 116 valence electrons. The summed E-state index contributed by atoms with van der Waals surface area (Å²) >= 11 is 4.92.